The molecule has 0 spiro atoms. The topological polar surface area (TPSA) is 46.3 Å². The number of aryl methyl sites for hydroxylation is 1. The fourth-order valence-electron chi connectivity index (χ4n) is 1.73. The van der Waals surface area contributed by atoms with Crippen molar-refractivity contribution >= 4 is 11.6 Å². The van der Waals surface area contributed by atoms with Gasteiger partial charge < -0.3 is 10.6 Å². The van der Waals surface area contributed by atoms with Gasteiger partial charge >= 0.3 is 0 Å². The monoisotopic (exact) mass is 220 g/mol. The smallest absolute Gasteiger partial charge is 0.243 e. The maximum atomic E-state index is 11.8. The molecule has 0 radical (unpaired) electrons. The Kier molecular flexibility index (Phi) is 3.70. The molecule has 0 bridgehead atoms. The maximum Gasteiger partial charge on any atom is 0.243 e. The number of carbonyl (C=O) groups is 1. The van der Waals surface area contributed by atoms with E-state index >= 15 is 0 Å². The van der Waals surface area contributed by atoms with E-state index in [1.54, 1.807) is 18.9 Å². The quantitative estimate of drug-likeness (QED) is 0.827. The van der Waals surface area contributed by atoms with Gasteiger partial charge in [0.15, 0.2) is 0 Å². The zero-order valence-electron chi connectivity index (χ0n) is 10.7. The maximum absolute atomic E-state index is 11.8. The van der Waals surface area contributed by atoms with Crippen molar-refractivity contribution in [2.45, 2.75) is 33.7 Å². The van der Waals surface area contributed by atoms with Gasteiger partial charge in [0.1, 0.15) is 0 Å². The van der Waals surface area contributed by atoms with Crippen LogP contribution >= 0.6 is 0 Å². The van der Waals surface area contributed by atoms with Gasteiger partial charge in [-0.05, 0) is 50.5 Å². The minimum absolute atomic E-state index is 0.0636. The van der Waals surface area contributed by atoms with Gasteiger partial charge in [0.05, 0.1) is 6.04 Å². The van der Waals surface area contributed by atoms with Gasteiger partial charge in [0, 0.05) is 12.7 Å². The van der Waals surface area contributed by atoms with Crippen molar-refractivity contribution in [1.29, 1.82) is 0 Å². The van der Waals surface area contributed by atoms with E-state index in [9.17, 15) is 4.79 Å². The summed E-state index contributed by atoms with van der Waals surface area (Å²) in [4.78, 5) is 13.4. The molecule has 1 unspecified atom stereocenters. The first-order chi connectivity index (χ1) is 7.36. The average Bonchev–Trinajstić information content (AvgIpc) is 2.24. The summed E-state index contributed by atoms with van der Waals surface area (Å²) in [5.41, 5.74) is 10.1. The summed E-state index contributed by atoms with van der Waals surface area (Å²) in [6.07, 6.45) is 0. The highest BCUT2D eigenvalue weighted by Gasteiger charge is 2.17. The van der Waals surface area contributed by atoms with E-state index in [1.807, 2.05) is 19.1 Å². The number of rotatable bonds is 2. The van der Waals surface area contributed by atoms with Crippen LogP contribution in [0.4, 0.5) is 5.69 Å². The van der Waals surface area contributed by atoms with Gasteiger partial charge in [-0.25, -0.2) is 0 Å². The Bertz CT molecular complexity index is 411. The first kappa shape index (κ1) is 12.7. The largest absolute Gasteiger partial charge is 0.320 e. The van der Waals surface area contributed by atoms with Gasteiger partial charge in [-0.1, -0.05) is 6.07 Å². The molecule has 1 aromatic rings. The standard InChI is InChI=1S/C13H20N2O/c1-8-6-7-12(10(3)9(8)2)15(5)13(16)11(4)14/h6-7,11H,14H2,1-5H3. The van der Waals surface area contributed by atoms with Crippen molar-refractivity contribution in [3.05, 3.63) is 28.8 Å². The van der Waals surface area contributed by atoms with Crippen LogP contribution in [0.15, 0.2) is 12.1 Å². The lowest BCUT2D eigenvalue weighted by molar-refractivity contribution is -0.119. The highest BCUT2D eigenvalue weighted by atomic mass is 16.2. The molecular formula is C13H20N2O. The number of amides is 1. The Morgan fingerprint density at radius 2 is 1.81 bits per heavy atom. The summed E-state index contributed by atoms with van der Waals surface area (Å²) in [5, 5.41) is 0. The van der Waals surface area contributed by atoms with Crippen molar-refractivity contribution < 1.29 is 4.79 Å². The van der Waals surface area contributed by atoms with Crippen LogP contribution < -0.4 is 10.6 Å². The first-order valence-corrected chi connectivity index (χ1v) is 5.46. The molecule has 0 saturated heterocycles. The molecule has 1 atom stereocenters. The summed E-state index contributed by atoms with van der Waals surface area (Å²) in [7, 11) is 1.77. The van der Waals surface area contributed by atoms with Gasteiger partial charge in [-0.15, -0.1) is 0 Å². The normalized spacial score (nSPS) is 12.4. The van der Waals surface area contributed by atoms with Crippen LogP contribution in [-0.4, -0.2) is 19.0 Å². The van der Waals surface area contributed by atoms with E-state index in [0.717, 1.165) is 11.3 Å². The molecule has 1 amide bonds. The number of benzene rings is 1. The number of carbonyl (C=O) groups excluding carboxylic acids is 1. The molecule has 0 aliphatic rings. The van der Waals surface area contributed by atoms with E-state index in [-0.39, 0.29) is 5.91 Å². The first-order valence-electron chi connectivity index (χ1n) is 5.46. The Balaban J connectivity index is 3.15. The van der Waals surface area contributed by atoms with E-state index in [0.29, 0.717) is 0 Å². The fourth-order valence-corrected chi connectivity index (χ4v) is 1.73. The lowest BCUT2D eigenvalue weighted by Gasteiger charge is -2.23. The SMILES string of the molecule is Cc1ccc(N(C)C(=O)C(C)N)c(C)c1C. The molecule has 3 heteroatoms. The Labute approximate surface area is 97.2 Å². The van der Waals surface area contributed by atoms with E-state index in [2.05, 4.69) is 13.8 Å². The number of likely N-dealkylation sites (N-methyl/N-ethyl adjacent to an activating group) is 1. The number of hydrogen-bond acceptors (Lipinski definition) is 2. The highest BCUT2D eigenvalue weighted by molar-refractivity contribution is 5.97. The molecule has 88 valence electrons. The predicted molar refractivity (Wildman–Crippen MR) is 67.7 cm³/mol. The Morgan fingerprint density at radius 1 is 1.25 bits per heavy atom. The average molecular weight is 220 g/mol. The number of nitrogens with two attached hydrogens (primary N) is 1. The molecule has 1 rings (SSSR count). The Hall–Kier alpha value is -1.35. The van der Waals surface area contributed by atoms with E-state index in [1.165, 1.54) is 11.1 Å². The lowest BCUT2D eigenvalue weighted by atomic mass is 10.0. The van der Waals surface area contributed by atoms with E-state index < -0.39 is 6.04 Å². The van der Waals surface area contributed by atoms with Gasteiger partial charge in [0.25, 0.3) is 0 Å². The van der Waals surface area contributed by atoms with Gasteiger partial charge in [-0.3, -0.25) is 4.79 Å². The fraction of sp³-hybridized carbons (Fsp3) is 0.462. The molecule has 2 N–H and O–H groups in total. The molecule has 0 saturated carbocycles. The summed E-state index contributed by atoms with van der Waals surface area (Å²) >= 11 is 0. The van der Waals surface area contributed by atoms with Crippen LogP contribution in [0.3, 0.4) is 0 Å². The molecular weight excluding hydrogens is 200 g/mol. The zero-order chi connectivity index (χ0) is 12.5. The van der Waals surface area contributed by atoms with Crippen molar-refractivity contribution in [2.24, 2.45) is 5.73 Å². The number of nitrogens with zero attached hydrogens (tertiary/aromatic N) is 1. The lowest BCUT2D eigenvalue weighted by Crippen LogP contribution is -2.40. The second-order valence-electron chi connectivity index (χ2n) is 4.34. The summed E-state index contributed by atoms with van der Waals surface area (Å²) in [6.45, 7) is 7.87. The molecule has 3 nitrogen and oxygen atoms in total. The molecule has 16 heavy (non-hydrogen) atoms. The minimum atomic E-state index is -0.467. The van der Waals surface area contributed by atoms with Crippen LogP contribution in [0.5, 0.6) is 0 Å². The van der Waals surface area contributed by atoms with Crippen molar-refractivity contribution in [1.82, 2.24) is 0 Å². The van der Waals surface area contributed by atoms with Crippen LogP contribution in [0, 0.1) is 20.8 Å². The Morgan fingerprint density at radius 3 is 2.31 bits per heavy atom. The van der Waals surface area contributed by atoms with Crippen LogP contribution in [0.2, 0.25) is 0 Å². The number of anilines is 1. The van der Waals surface area contributed by atoms with Gasteiger partial charge in [-0.2, -0.15) is 0 Å². The zero-order valence-corrected chi connectivity index (χ0v) is 10.7. The second-order valence-corrected chi connectivity index (χ2v) is 4.34. The van der Waals surface area contributed by atoms with Gasteiger partial charge in [0.2, 0.25) is 5.91 Å². The summed E-state index contributed by atoms with van der Waals surface area (Å²) in [5.74, 6) is -0.0636. The third-order valence-electron chi connectivity index (χ3n) is 3.11. The molecule has 0 aliphatic carbocycles. The van der Waals surface area contributed by atoms with Crippen molar-refractivity contribution in [3.8, 4) is 0 Å². The van der Waals surface area contributed by atoms with Crippen LogP contribution in [0.25, 0.3) is 0 Å². The predicted octanol–water partition coefficient (Wildman–Crippen LogP) is 1.92. The highest BCUT2D eigenvalue weighted by Crippen LogP contribution is 2.24. The molecule has 0 fully saturated rings. The summed E-state index contributed by atoms with van der Waals surface area (Å²) in [6, 6.07) is 3.53. The second kappa shape index (κ2) is 4.66. The van der Waals surface area contributed by atoms with E-state index in [4.69, 9.17) is 5.73 Å². The number of hydrogen-bond donors (Lipinski definition) is 1. The third kappa shape index (κ3) is 2.25. The molecule has 0 heterocycles. The molecule has 0 aliphatic heterocycles. The van der Waals surface area contributed by atoms with Crippen molar-refractivity contribution in [3.63, 3.8) is 0 Å². The minimum Gasteiger partial charge on any atom is -0.320 e. The van der Waals surface area contributed by atoms with Crippen LogP contribution in [-0.2, 0) is 4.79 Å². The molecule has 1 aromatic carbocycles. The summed E-state index contributed by atoms with van der Waals surface area (Å²) < 4.78 is 0. The van der Waals surface area contributed by atoms with Crippen molar-refractivity contribution in [2.75, 3.05) is 11.9 Å². The van der Waals surface area contributed by atoms with Crippen LogP contribution in [0.1, 0.15) is 23.6 Å². The third-order valence-corrected chi connectivity index (χ3v) is 3.11. The molecule has 0 aromatic heterocycles.